The van der Waals surface area contributed by atoms with Crippen LogP contribution in [0.3, 0.4) is 0 Å². The molecule has 6 unspecified atom stereocenters. The first-order valence-electron chi connectivity index (χ1n) is 8.75. The molecule has 2 N–H and O–H groups in total. The predicted octanol–water partition coefficient (Wildman–Crippen LogP) is 1.73. The smallest absolute Gasteiger partial charge is 0.0936 e. The van der Waals surface area contributed by atoms with Crippen LogP contribution in [0, 0.1) is 17.8 Å². The van der Waals surface area contributed by atoms with Crippen LogP contribution in [0.1, 0.15) is 40.5 Å². The van der Waals surface area contributed by atoms with Crippen LogP contribution in [-0.4, -0.2) is 61.0 Å². The van der Waals surface area contributed by atoms with Crippen molar-refractivity contribution < 1.29 is 9.84 Å². The van der Waals surface area contributed by atoms with Crippen LogP contribution in [0.15, 0.2) is 0 Å². The monoisotopic (exact) mass is 298 g/mol. The average molecular weight is 298 g/mol. The van der Waals surface area contributed by atoms with Gasteiger partial charge in [-0.15, -0.1) is 0 Å². The standard InChI is InChI=1S/C17H34N2O2/c1-5-18-17-7-12(2)6-13(3)16(17)10-19-8-14(4)21-15(9-19)11-20/h12-18,20H,5-11H2,1-4H3. The molecular formula is C17H34N2O2. The summed E-state index contributed by atoms with van der Waals surface area (Å²) < 4.78 is 5.77. The lowest BCUT2D eigenvalue weighted by Gasteiger charge is -2.44. The first kappa shape index (κ1) is 17.2. The van der Waals surface area contributed by atoms with Crippen molar-refractivity contribution >= 4 is 0 Å². The molecule has 2 aliphatic rings. The fraction of sp³-hybridized carbons (Fsp3) is 1.00. The topological polar surface area (TPSA) is 44.7 Å². The molecule has 1 saturated carbocycles. The van der Waals surface area contributed by atoms with Crippen molar-refractivity contribution in [2.45, 2.75) is 58.8 Å². The van der Waals surface area contributed by atoms with Crippen LogP contribution in [0.5, 0.6) is 0 Å². The summed E-state index contributed by atoms with van der Waals surface area (Å²) in [7, 11) is 0. The highest BCUT2D eigenvalue weighted by atomic mass is 16.5. The van der Waals surface area contributed by atoms with E-state index < -0.39 is 0 Å². The Bertz CT molecular complexity index is 313. The lowest BCUT2D eigenvalue weighted by Crippen LogP contribution is -2.54. The molecule has 2 fully saturated rings. The predicted molar refractivity (Wildman–Crippen MR) is 86.4 cm³/mol. The van der Waals surface area contributed by atoms with Gasteiger partial charge in [0.1, 0.15) is 0 Å². The average Bonchev–Trinajstić information content (AvgIpc) is 2.42. The molecule has 0 aromatic rings. The summed E-state index contributed by atoms with van der Waals surface area (Å²) in [6, 6.07) is 0.638. The Morgan fingerprint density at radius 2 is 1.95 bits per heavy atom. The van der Waals surface area contributed by atoms with Crippen LogP contribution < -0.4 is 5.32 Å². The summed E-state index contributed by atoms with van der Waals surface area (Å²) in [6.45, 7) is 13.3. The van der Waals surface area contributed by atoms with E-state index in [1.807, 2.05) is 0 Å². The van der Waals surface area contributed by atoms with Crippen LogP contribution in [0.4, 0.5) is 0 Å². The maximum Gasteiger partial charge on any atom is 0.0936 e. The highest BCUT2D eigenvalue weighted by molar-refractivity contribution is 4.90. The Morgan fingerprint density at radius 1 is 1.19 bits per heavy atom. The molecule has 0 aromatic carbocycles. The molecule has 2 rings (SSSR count). The van der Waals surface area contributed by atoms with Crippen molar-refractivity contribution in [1.82, 2.24) is 10.2 Å². The Kier molecular flexibility index (Phi) is 6.48. The first-order chi connectivity index (χ1) is 10.0. The van der Waals surface area contributed by atoms with Crippen LogP contribution in [0.25, 0.3) is 0 Å². The van der Waals surface area contributed by atoms with Gasteiger partial charge in [0.05, 0.1) is 18.8 Å². The summed E-state index contributed by atoms with van der Waals surface area (Å²) >= 11 is 0. The number of aliphatic hydroxyl groups excluding tert-OH is 1. The van der Waals surface area contributed by atoms with Crippen molar-refractivity contribution in [3.05, 3.63) is 0 Å². The van der Waals surface area contributed by atoms with Gasteiger partial charge < -0.3 is 15.2 Å². The largest absolute Gasteiger partial charge is 0.394 e. The third-order valence-corrected chi connectivity index (χ3v) is 5.22. The summed E-state index contributed by atoms with van der Waals surface area (Å²) in [5, 5.41) is 13.1. The molecule has 0 bridgehead atoms. The number of morpholine rings is 1. The number of nitrogens with zero attached hydrogens (tertiary/aromatic N) is 1. The second-order valence-electron chi connectivity index (χ2n) is 7.35. The lowest BCUT2D eigenvalue weighted by molar-refractivity contribution is -0.101. The Hall–Kier alpha value is -0.160. The van der Waals surface area contributed by atoms with Gasteiger partial charge in [-0.1, -0.05) is 20.8 Å². The molecule has 4 heteroatoms. The molecule has 1 aliphatic carbocycles. The molecule has 4 nitrogen and oxygen atoms in total. The number of rotatable bonds is 5. The highest BCUT2D eigenvalue weighted by Crippen LogP contribution is 2.34. The van der Waals surface area contributed by atoms with E-state index >= 15 is 0 Å². The first-order valence-corrected chi connectivity index (χ1v) is 8.75. The van der Waals surface area contributed by atoms with Gasteiger partial charge in [-0.3, -0.25) is 4.90 Å². The van der Waals surface area contributed by atoms with Gasteiger partial charge in [0.15, 0.2) is 0 Å². The van der Waals surface area contributed by atoms with E-state index in [9.17, 15) is 5.11 Å². The summed E-state index contributed by atoms with van der Waals surface area (Å²) in [5.41, 5.74) is 0. The van der Waals surface area contributed by atoms with Crippen molar-refractivity contribution in [3.63, 3.8) is 0 Å². The maximum atomic E-state index is 9.39. The SMILES string of the molecule is CCNC1CC(C)CC(C)C1CN1CC(C)OC(CO)C1. The van der Waals surface area contributed by atoms with Gasteiger partial charge in [-0.2, -0.15) is 0 Å². The minimum atomic E-state index is -0.0100. The van der Waals surface area contributed by atoms with E-state index in [2.05, 4.69) is 37.9 Å². The number of nitrogens with one attached hydrogen (secondary N) is 1. The second-order valence-corrected chi connectivity index (χ2v) is 7.35. The zero-order valence-corrected chi connectivity index (χ0v) is 14.2. The van der Waals surface area contributed by atoms with Gasteiger partial charge in [-0.25, -0.2) is 0 Å². The summed E-state index contributed by atoms with van der Waals surface area (Å²) in [6.07, 6.45) is 2.86. The van der Waals surface area contributed by atoms with E-state index in [0.717, 1.165) is 38.0 Å². The molecule has 6 atom stereocenters. The number of aliphatic hydroxyl groups is 1. The second kappa shape index (κ2) is 7.91. The van der Waals surface area contributed by atoms with E-state index in [0.29, 0.717) is 12.0 Å². The van der Waals surface area contributed by atoms with Crippen molar-refractivity contribution in [2.75, 3.05) is 32.8 Å². The van der Waals surface area contributed by atoms with Crippen molar-refractivity contribution in [1.29, 1.82) is 0 Å². The van der Waals surface area contributed by atoms with Crippen LogP contribution in [-0.2, 0) is 4.74 Å². The third-order valence-electron chi connectivity index (χ3n) is 5.22. The minimum absolute atomic E-state index is 0.0100. The Labute approximate surface area is 130 Å². The maximum absolute atomic E-state index is 9.39. The third kappa shape index (κ3) is 4.65. The molecule has 1 aliphatic heterocycles. The van der Waals surface area contributed by atoms with E-state index in [1.165, 1.54) is 12.8 Å². The highest BCUT2D eigenvalue weighted by Gasteiger charge is 2.36. The quantitative estimate of drug-likeness (QED) is 0.811. The van der Waals surface area contributed by atoms with E-state index in [1.54, 1.807) is 0 Å². The normalized spacial score (nSPS) is 42.1. The molecule has 1 heterocycles. The Balaban J connectivity index is 1.97. The van der Waals surface area contributed by atoms with Crippen LogP contribution in [0.2, 0.25) is 0 Å². The van der Waals surface area contributed by atoms with Crippen molar-refractivity contribution in [3.8, 4) is 0 Å². The number of hydrogen-bond acceptors (Lipinski definition) is 4. The van der Waals surface area contributed by atoms with Gasteiger partial charge in [0.25, 0.3) is 0 Å². The zero-order valence-electron chi connectivity index (χ0n) is 14.2. The Morgan fingerprint density at radius 3 is 2.62 bits per heavy atom. The molecule has 1 saturated heterocycles. The van der Waals surface area contributed by atoms with Crippen LogP contribution >= 0.6 is 0 Å². The molecular weight excluding hydrogens is 264 g/mol. The fourth-order valence-corrected chi connectivity index (χ4v) is 4.40. The minimum Gasteiger partial charge on any atom is -0.394 e. The van der Waals surface area contributed by atoms with Gasteiger partial charge >= 0.3 is 0 Å². The van der Waals surface area contributed by atoms with Gasteiger partial charge in [0, 0.05) is 25.7 Å². The van der Waals surface area contributed by atoms with Crippen molar-refractivity contribution in [2.24, 2.45) is 17.8 Å². The number of ether oxygens (including phenoxy) is 1. The van der Waals surface area contributed by atoms with E-state index in [-0.39, 0.29) is 18.8 Å². The summed E-state index contributed by atoms with van der Waals surface area (Å²) in [4.78, 5) is 2.51. The molecule has 21 heavy (non-hydrogen) atoms. The molecule has 0 aromatic heterocycles. The molecule has 0 radical (unpaired) electrons. The zero-order chi connectivity index (χ0) is 15.4. The molecule has 124 valence electrons. The lowest BCUT2D eigenvalue weighted by atomic mass is 9.72. The van der Waals surface area contributed by atoms with Gasteiger partial charge in [-0.05, 0) is 44.1 Å². The molecule has 0 spiro atoms. The summed E-state index contributed by atoms with van der Waals surface area (Å²) in [5.74, 6) is 2.31. The molecule has 0 amide bonds. The fourth-order valence-electron chi connectivity index (χ4n) is 4.40. The van der Waals surface area contributed by atoms with Gasteiger partial charge in [0.2, 0.25) is 0 Å². The van der Waals surface area contributed by atoms with E-state index in [4.69, 9.17) is 4.74 Å². The number of hydrogen-bond donors (Lipinski definition) is 2.